The Bertz CT molecular complexity index is 374. The second-order valence-electron chi connectivity index (χ2n) is 4.24. The van der Waals surface area contributed by atoms with Crippen molar-refractivity contribution in [2.24, 2.45) is 13.0 Å². The van der Waals surface area contributed by atoms with Crippen LogP contribution in [0.4, 0.5) is 19.0 Å². The van der Waals surface area contributed by atoms with Crippen molar-refractivity contribution in [1.82, 2.24) is 15.1 Å². The number of aryl methyl sites for hydroxylation is 1. The molecule has 1 aromatic rings. The number of nitrogens with zero attached hydrogens (tertiary/aromatic N) is 3. The number of hydrogen-bond donors (Lipinski definition) is 1. The van der Waals surface area contributed by atoms with Crippen LogP contribution in [0.1, 0.15) is 0 Å². The molecule has 1 aliphatic rings. The summed E-state index contributed by atoms with van der Waals surface area (Å²) in [6, 6.07) is 1.73. The third kappa shape index (κ3) is 2.91. The number of halogens is 3. The molecule has 0 amide bonds. The van der Waals surface area contributed by atoms with Gasteiger partial charge in [0.2, 0.25) is 0 Å². The average Bonchev–Trinajstić information content (AvgIpc) is 2.53. The van der Waals surface area contributed by atoms with E-state index >= 15 is 0 Å². The lowest BCUT2D eigenvalue weighted by atomic mass is 10.1. The molecule has 0 aliphatic carbocycles. The van der Waals surface area contributed by atoms with Gasteiger partial charge in [-0.1, -0.05) is 0 Å². The molecule has 1 atom stereocenters. The molecule has 2 rings (SSSR count). The summed E-state index contributed by atoms with van der Waals surface area (Å²) >= 11 is 0. The highest BCUT2D eigenvalue weighted by Gasteiger charge is 2.41. The van der Waals surface area contributed by atoms with Crippen molar-refractivity contribution in [3.05, 3.63) is 12.3 Å². The second kappa shape index (κ2) is 4.56. The van der Waals surface area contributed by atoms with E-state index in [9.17, 15) is 13.2 Å². The van der Waals surface area contributed by atoms with Gasteiger partial charge in [0, 0.05) is 45.5 Å². The smallest absolute Gasteiger partial charge is 0.353 e. The summed E-state index contributed by atoms with van der Waals surface area (Å²) in [4.78, 5) is 1.68. The van der Waals surface area contributed by atoms with E-state index in [1.54, 1.807) is 28.9 Å². The largest absolute Gasteiger partial charge is 0.394 e. The Morgan fingerprint density at radius 1 is 1.47 bits per heavy atom. The maximum atomic E-state index is 12.7. The molecule has 4 nitrogen and oxygen atoms in total. The normalized spacial score (nSPS) is 22.6. The molecule has 1 saturated heterocycles. The van der Waals surface area contributed by atoms with Gasteiger partial charge in [-0.05, 0) is 0 Å². The number of alkyl halides is 3. The second-order valence-corrected chi connectivity index (χ2v) is 4.24. The summed E-state index contributed by atoms with van der Waals surface area (Å²) < 4.78 is 39.8. The number of hydrogen-bond acceptors (Lipinski definition) is 3. The first kappa shape index (κ1) is 12.2. The molecule has 0 spiro atoms. The predicted molar refractivity (Wildman–Crippen MR) is 57.8 cm³/mol. The lowest BCUT2D eigenvalue weighted by Crippen LogP contribution is -2.38. The molecule has 96 valence electrons. The number of anilines is 1. The van der Waals surface area contributed by atoms with E-state index in [1.807, 2.05) is 0 Å². The van der Waals surface area contributed by atoms with Gasteiger partial charge in [0.25, 0.3) is 0 Å². The lowest BCUT2D eigenvalue weighted by Gasteiger charge is -2.25. The van der Waals surface area contributed by atoms with Crippen LogP contribution in [0.2, 0.25) is 0 Å². The van der Waals surface area contributed by atoms with Crippen LogP contribution < -0.4 is 10.2 Å². The number of rotatable bonds is 1. The first-order valence-electron chi connectivity index (χ1n) is 5.49. The van der Waals surface area contributed by atoms with Crippen LogP contribution in [-0.4, -0.2) is 42.1 Å². The zero-order valence-electron chi connectivity index (χ0n) is 9.54. The Labute approximate surface area is 97.4 Å². The molecular weight excluding hydrogens is 233 g/mol. The van der Waals surface area contributed by atoms with Crippen LogP contribution in [0.5, 0.6) is 0 Å². The monoisotopic (exact) mass is 248 g/mol. The fraction of sp³-hybridized carbons (Fsp3) is 0.700. The molecule has 17 heavy (non-hydrogen) atoms. The standard InChI is InChI=1S/C10H15F3N4/c1-16-4-2-9(15-16)17-5-3-14-6-8(7-17)10(11,12)13/h2,4,8,14H,3,5-7H2,1H3. The minimum atomic E-state index is -4.16. The fourth-order valence-corrected chi connectivity index (χ4v) is 1.91. The van der Waals surface area contributed by atoms with E-state index in [-0.39, 0.29) is 13.1 Å². The lowest BCUT2D eigenvalue weighted by molar-refractivity contribution is -0.169. The molecule has 1 unspecified atom stereocenters. The van der Waals surface area contributed by atoms with E-state index < -0.39 is 12.1 Å². The van der Waals surface area contributed by atoms with E-state index in [1.165, 1.54) is 0 Å². The zero-order chi connectivity index (χ0) is 12.5. The van der Waals surface area contributed by atoms with Crippen molar-refractivity contribution in [2.45, 2.75) is 6.18 Å². The van der Waals surface area contributed by atoms with Crippen molar-refractivity contribution in [3.8, 4) is 0 Å². The maximum absolute atomic E-state index is 12.7. The van der Waals surface area contributed by atoms with E-state index in [0.29, 0.717) is 18.9 Å². The van der Waals surface area contributed by atoms with Gasteiger partial charge in [-0.25, -0.2) is 0 Å². The average molecular weight is 248 g/mol. The molecular formula is C10H15F3N4. The quantitative estimate of drug-likeness (QED) is 0.805. The Kier molecular flexibility index (Phi) is 3.28. The molecule has 0 bridgehead atoms. The van der Waals surface area contributed by atoms with Gasteiger partial charge in [0.05, 0.1) is 5.92 Å². The van der Waals surface area contributed by atoms with Gasteiger partial charge >= 0.3 is 6.18 Å². The highest BCUT2D eigenvalue weighted by Crippen LogP contribution is 2.28. The van der Waals surface area contributed by atoms with Crippen LogP contribution in [0.3, 0.4) is 0 Å². The van der Waals surface area contributed by atoms with E-state index in [0.717, 1.165) is 0 Å². The van der Waals surface area contributed by atoms with E-state index in [4.69, 9.17) is 0 Å². The summed E-state index contributed by atoms with van der Waals surface area (Å²) in [7, 11) is 1.75. The molecule has 0 aromatic carbocycles. The third-order valence-corrected chi connectivity index (χ3v) is 2.88. The molecule has 0 radical (unpaired) electrons. The third-order valence-electron chi connectivity index (χ3n) is 2.88. The Morgan fingerprint density at radius 2 is 2.24 bits per heavy atom. The minimum absolute atomic E-state index is 0.0210. The van der Waals surface area contributed by atoms with Crippen LogP contribution in [0.15, 0.2) is 12.3 Å². The summed E-state index contributed by atoms with van der Waals surface area (Å²) in [6.45, 7) is 1.03. The molecule has 7 heteroatoms. The summed E-state index contributed by atoms with van der Waals surface area (Å²) in [6.07, 6.45) is -2.43. The summed E-state index contributed by atoms with van der Waals surface area (Å²) in [5, 5.41) is 6.95. The summed E-state index contributed by atoms with van der Waals surface area (Å²) in [5.74, 6) is -0.738. The van der Waals surface area contributed by atoms with Crippen molar-refractivity contribution in [1.29, 1.82) is 0 Å². The van der Waals surface area contributed by atoms with Gasteiger partial charge in [-0.15, -0.1) is 0 Å². The van der Waals surface area contributed by atoms with Gasteiger partial charge in [0.15, 0.2) is 5.82 Å². The van der Waals surface area contributed by atoms with Crippen LogP contribution in [0.25, 0.3) is 0 Å². The molecule has 1 aromatic heterocycles. The Morgan fingerprint density at radius 3 is 2.82 bits per heavy atom. The predicted octanol–water partition coefficient (Wildman–Crippen LogP) is 1.01. The Hall–Kier alpha value is -1.24. The van der Waals surface area contributed by atoms with Crippen molar-refractivity contribution in [3.63, 3.8) is 0 Å². The first-order valence-corrected chi connectivity index (χ1v) is 5.49. The maximum Gasteiger partial charge on any atom is 0.394 e. The highest BCUT2D eigenvalue weighted by atomic mass is 19.4. The van der Waals surface area contributed by atoms with Crippen molar-refractivity contribution < 1.29 is 13.2 Å². The van der Waals surface area contributed by atoms with Crippen molar-refractivity contribution >= 4 is 5.82 Å². The molecule has 2 heterocycles. The van der Waals surface area contributed by atoms with Gasteiger partial charge in [-0.2, -0.15) is 18.3 Å². The van der Waals surface area contributed by atoms with Gasteiger partial charge in [-0.3, -0.25) is 4.68 Å². The van der Waals surface area contributed by atoms with Gasteiger partial charge < -0.3 is 10.2 Å². The molecule has 1 aliphatic heterocycles. The molecule has 1 fully saturated rings. The minimum Gasteiger partial charge on any atom is -0.353 e. The SMILES string of the molecule is Cn1ccc(N2CCNCC(C(F)(F)F)C2)n1. The Balaban J connectivity index is 2.12. The van der Waals surface area contributed by atoms with Crippen molar-refractivity contribution in [2.75, 3.05) is 31.1 Å². The molecule has 1 N–H and O–H groups in total. The highest BCUT2D eigenvalue weighted by molar-refractivity contribution is 5.37. The summed E-state index contributed by atoms with van der Waals surface area (Å²) in [5.41, 5.74) is 0. The van der Waals surface area contributed by atoms with Crippen LogP contribution >= 0.6 is 0 Å². The number of nitrogens with one attached hydrogen (secondary N) is 1. The zero-order valence-corrected chi connectivity index (χ0v) is 9.54. The number of aromatic nitrogens is 2. The van der Waals surface area contributed by atoms with E-state index in [2.05, 4.69) is 10.4 Å². The van der Waals surface area contributed by atoms with Crippen LogP contribution in [-0.2, 0) is 7.05 Å². The fourth-order valence-electron chi connectivity index (χ4n) is 1.91. The van der Waals surface area contributed by atoms with Crippen LogP contribution in [0, 0.1) is 5.92 Å². The molecule has 0 saturated carbocycles. The van der Waals surface area contributed by atoms with Gasteiger partial charge in [0.1, 0.15) is 0 Å². The first-order chi connectivity index (χ1) is 7.97. The topological polar surface area (TPSA) is 33.1 Å².